The standard InChI is InChI=1S/C19H14ClN9O/c20-11-3-2-7-29-15(11)9-14(27-29)17-16-12(21-10-22-16)5-8-28(17)19-26-25-18(30-19)13-4-1-6-23-24-13/h1-4,6-7,9-10,17H,5,8H2,(H,21,22)/t17-/m1/s1. The van der Waals surface area contributed by atoms with E-state index in [4.69, 9.17) is 21.1 Å². The topological polar surface area (TPSA) is 114 Å². The normalized spacial score (nSPS) is 16.2. The van der Waals surface area contributed by atoms with E-state index in [0.29, 0.717) is 29.2 Å². The van der Waals surface area contributed by atoms with Crippen LogP contribution in [0.5, 0.6) is 0 Å². The van der Waals surface area contributed by atoms with Crippen molar-refractivity contribution in [3.05, 3.63) is 71.2 Å². The van der Waals surface area contributed by atoms with Crippen LogP contribution < -0.4 is 4.90 Å². The molecule has 0 aromatic carbocycles. The largest absolute Gasteiger partial charge is 0.401 e. The first kappa shape index (κ1) is 17.1. The number of rotatable bonds is 3. The number of pyridine rings is 1. The Balaban J connectivity index is 1.46. The minimum absolute atomic E-state index is 0.300. The van der Waals surface area contributed by atoms with E-state index in [9.17, 15) is 0 Å². The second kappa shape index (κ2) is 6.63. The third-order valence-corrected chi connectivity index (χ3v) is 5.45. The van der Waals surface area contributed by atoms with Crippen LogP contribution in [-0.2, 0) is 6.42 Å². The first-order valence-corrected chi connectivity index (χ1v) is 9.70. The van der Waals surface area contributed by atoms with Gasteiger partial charge < -0.3 is 14.3 Å². The van der Waals surface area contributed by atoms with Gasteiger partial charge in [-0.15, -0.1) is 10.2 Å². The first-order chi connectivity index (χ1) is 14.8. The van der Waals surface area contributed by atoms with Crippen molar-refractivity contribution in [3.8, 4) is 11.6 Å². The van der Waals surface area contributed by atoms with Gasteiger partial charge in [0.05, 0.1) is 28.3 Å². The summed E-state index contributed by atoms with van der Waals surface area (Å²) < 4.78 is 7.71. The summed E-state index contributed by atoms with van der Waals surface area (Å²) in [6.45, 7) is 0.656. The monoisotopic (exact) mass is 419 g/mol. The van der Waals surface area contributed by atoms with E-state index in [1.807, 2.05) is 29.3 Å². The van der Waals surface area contributed by atoms with E-state index in [1.165, 1.54) is 0 Å². The van der Waals surface area contributed by atoms with Crippen molar-refractivity contribution in [2.75, 3.05) is 11.4 Å². The van der Waals surface area contributed by atoms with Crippen LogP contribution in [0.25, 0.3) is 17.1 Å². The summed E-state index contributed by atoms with van der Waals surface area (Å²) in [6.07, 6.45) is 5.92. The van der Waals surface area contributed by atoms with Gasteiger partial charge in [0.15, 0.2) is 0 Å². The molecule has 0 saturated heterocycles. The van der Waals surface area contributed by atoms with E-state index >= 15 is 0 Å². The number of aromatic nitrogens is 8. The SMILES string of the molecule is Clc1cccn2nc([C@@H]3c4nc[nH]c4CCN3c3nnc(-c4cccnn4)o3)cc12. The molecular weight excluding hydrogens is 406 g/mol. The van der Waals surface area contributed by atoms with Gasteiger partial charge in [0.1, 0.15) is 11.7 Å². The predicted octanol–water partition coefficient (Wildman–Crippen LogP) is 2.70. The molecule has 0 saturated carbocycles. The quantitative estimate of drug-likeness (QED) is 0.474. The molecule has 0 aliphatic carbocycles. The van der Waals surface area contributed by atoms with Gasteiger partial charge in [0.2, 0.25) is 0 Å². The summed E-state index contributed by atoms with van der Waals surface area (Å²) in [4.78, 5) is 9.78. The molecule has 0 fully saturated rings. The molecule has 6 rings (SSSR count). The number of fused-ring (bicyclic) bond motifs is 2. The van der Waals surface area contributed by atoms with E-state index < -0.39 is 0 Å². The molecule has 148 valence electrons. The van der Waals surface area contributed by atoms with Gasteiger partial charge in [-0.25, -0.2) is 9.50 Å². The Kier molecular flexibility index (Phi) is 3.78. The average Bonchev–Trinajstić information content (AvgIpc) is 3.52. The molecule has 1 aliphatic heterocycles. The summed E-state index contributed by atoms with van der Waals surface area (Å²) in [5, 5.41) is 21.7. The molecule has 5 aromatic rings. The Labute approximate surface area is 174 Å². The van der Waals surface area contributed by atoms with Gasteiger partial charge in [-0.05, 0) is 30.3 Å². The van der Waals surface area contributed by atoms with Crippen molar-refractivity contribution in [2.45, 2.75) is 12.5 Å². The third kappa shape index (κ3) is 2.65. The number of hydrogen-bond donors (Lipinski definition) is 1. The summed E-state index contributed by atoms with van der Waals surface area (Å²) in [6, 6.07) is 9.27. The van der Waals surface area contributed by atoms with E-state index in [1.54, 1.807) is 29.2 Å². The molecule has 0 unspecified atom stereocenters. The van der Waals surface area contributed by atoms with Crippen LogP contribution in [-0.4, -0.2) is 46.5 Å². The lowest BCUT2D eigenvalue weighted by molar-refractivity contribution is 0.502. The number of hydrogen-bond acceptors (Lipinski definition) is 8. The Bertz CT molecular complexity index is 1340. The number of H-pyrrole nitrogens is 1. The number of nitrogens with zero attached hydrogens (tertiary/aromatic N) is 8. The van der Waals surface area contributed by atoms with Gasteiger partial charge >= 0.3 is 6.01 Å². The molecule has 5 aromatic heterocycles. The minimum Gasteiger partial charge on any atom is -0.401 e. The third-order valence-electron chi connectivity index (χ3n) is 5.13. The number of anilines is 1. The molecule has 1 aliphatic rings. The zero-order valence-electron chi connectivity index (χ0n) is 15.5. The second-order valence-electron chi connectivity index (χ2n) is 6.87. The van der Waals surface area contributed by atoms with Crippen LogP contribution in [0.15, 0.2) is 53.5 Å². The number of aromatic amines is 1. The van der Waals surface area contributed by atoms with Crippen LogP contribution in [0.2, 0.25) is 5.02 Å². The van der Waals surface area contributed by atoms with Crippen molar-refractivity contribution in [2.24, 2.45) is 0 Å². The van der Waals surface area contributed by atoms with Crippen LogP contribution in [0, 0.1) is 0 Å². The Hall–Kier alpha value is -3.79. The molecule has 30 heavy (non-hydrogen) atoms. The minimum atomic E-state index is -0.300. The van der Waals surface area contributed by atoms with Crippen LogP contribution in [0.3, 0.4) is 0 Å². The Morgan fingerprint density at radius 2 is 2.13 bits per heavy atom. The van der Waals surface area contributed by atoms with Gasteiger partial charge in [0.25, 0.3) is 5.89 Å². The van der Waals surface area contributed by atoms with E-state index in [2.05, 4.69) is 30.4 Å². The molecule has 0 bridgehead atoms. The van der Waals surface area contributed by atoms with Gasteiger partial charge in [-0.3, -0.25) is 0 Å². The molecule has 0 radical (unpaired) electrons. The number of imidazole rings is 1. The maximum atomic E-state index is 6.36. The fourth-order valence-electron chi connectivity index (χ4n) is 3.77. The summed E-state index contributed by atoms with van der Waals surface area (Å²) in [5.74, 6) is 0.308. The highest BCUT2D eigenvalue weighted by Gasteiger charge is 2.36. The van der Waals surface area contributed by atoms with Crippen LogP contribution in [0.4, 0.5) is 6.01 Å². The molecule has 10 nitrogen and oxygen atoms in total. The molecular formula is C19H14ClN9O. The highest BCUT2D eigenvalue weighted by molar-refractivity contribution is 6.33. The summed E-state index contributed by atoms with van der Waals surface area (Å²) in [5.41, 5.74) is 4.07. The van der Waals surface area contributed by atoms with Gasteiger partial charge in [-0.1, -0.05) is 16.7 Å². The molecule has 11 heteroatoms. The van der Waals surface area contributed by atoms with Crippen molar-refractivity contribution in [3.63, 3.8) is 0 Å². The van der Waals surface area contributed by atoms with Crippen LogP contribution >= 0.6 is 11.6 Å². The highest BCUT2D eigenvalue weighted by Crippen LogP contribution is 2.37. The van der Waals surface area contributed by atoms with Crippen molar-refractivity contribution >= 4 is 23.1 Å². The lowest BCUT2D eigenvalue weighted by Crippen LogP contribution is -2.36. The molecule has 6 heterocycles. The lowest BCUT2D eigenvalue weighted by Gasteiger charge is -2.32. The Morgan fingerprint density at radius 3 is 3.00 bits per heavy atom. The van der Waals surface area contributed by atoms with E-state index in [0.717, 1.165) is 29.0 Å². The maximum absolute atomic E-state index is 6.36. The lowest BCUT2D eigenvalue weighted by atomic mass is 10.0. The zero-order valence-corrected chi connectivity index (χ0v) is 16.2. The zero-order chi connectivity index (χ0) is 20.1. The fraction of sp³-hybridized carbons (Fsp3) is 0.158. The Morgan fingerprint density at radius 1 is 1.17 bits per heavy atom. The fourth-order valence-corrected chi connectivity index (χ4v) is 3.98. The van der Waals surface area contributed by atoms with Gasteiger partial charge in [-0.2, -0.15) is 10.2 Å². The molecule has 0 amide bonds. The highest BCUT2D eigenvalue weighted by atomic mass is 35.5. The van der Waals surface area contributed by atoms with E-state index in [-0.39, 0.29) is 6.04 Å². The van der Waals surface area contributed by atoms with Crippen molar-refractivity contribution < 1.29 is 4.42 Å². The molecule has 1 N–H and O–H groups in total. The molecule has 0 spiro atoms. The molecule has 1 atom stereocenters. The second-order valence-corrected chi connectivity index (χ2v) is 7.27. The maximum Gasteiger partial charge on any atom is 0.319 e. The number of nitrogens with one attached hydrogen (secondary N) is 1. The summed E-state index contributed by atoms with van der Waals surface area (Å²) in [7, 11) is 0. The van der Waals surface area contributed by atoms with Crippen LogP contribution in [0.1, 0.15) is 23.1 Å². The van der Waals surface area contributed by atoms with Gasteiger partial charge in [0, 0.05) is 31.1 Å². The first-order valence-electron chi connectivity index (χ1n) is 9.32. The van der Waals surface area contributed by atoms with Crippen molar-refractivity contribution in [1.82, 2.24) is 40.0 Å². The average molecular weight is 420 g/mol. The summed E-state index contributed by atoms with van der Waals surface area (Å²) >= 11 is 6.36. The predicted molar refractivity (Wildman–Crippen MR) is 107 cm³/mol. The smallest absolute Gasteiger partial charge is 0.319 e. The number of halogens is 1. The van der Waals surface area contributed by atoms with Crippen molar-refractivity contribution in [1.29, 1.82) is 0 Å².